The van der Waals surface area contributed by atoms with Gasteiger partial charge in [0.1, 0.15) is 5.82 Å². The Morgan fingerprint density at radius 2 is 1.62 bits per heavy atom. The average molecular weight is 289 g/mol. The van der Waals surface area contributed by atoms with Crippen molar-refractivity contribution in [2.75, 3.05) is 10.6 Å². The summed E-state index contributed by atoms with van der Waals surface area (Å²) in [7, 11) is 0. The molecule has 0 aliphatic carbocycles. The summed E-state index contributed by atoms with van der Waals surface area (Å²) in [6.45, 7) is 2.61. The summed E-state index contributed by atoms with van der Waals surface area (Å²) in [5, 5.41) is 4.79. The molecule has 0 radical (unpaired) electrons. The fourth-order valence-corrected chi connectivity index (χ4v) is 1.56. The third kappa shape index (κ3) is 3.30. The van der Waals surface area contributed by atoms with Crippen molar-refractivity contribution < 1.29 is 14.0 Å². The van der Waals surface area contributed by atoms with E-state index in [4.69, 9.17) is 0 Å². The molecule has 0 bridgehead atoms. The third-order valence-corrected chi connectivity index (χ3v) is 2.33. The number of anilines is 2. The van der Waals surface area contributed by atoms with Crippen LogP contribution in [-0.2, 0) is 9.59 Å². The van der Waals surface area contributed by atoms with Crippen molar-refractivity contribution >= 4 is 39.1 Å². The lowest BCUT2D eigenvalue weighted by molar-refractivity contribution is -0.115. The van der Waals surface area contributed by atoms with Gasteiger partial charge in [0.05, 0.1) is 11.4 Å². The Morgan fingerprint density at radius 1 is 1.12 bits per heavy atom. The molecule has 0 saturated carbocycles. The first-order chi connectivity index (χ1) is 7.40. The second-order valence-corrected chi connectivity index (χ2v) is 4.03. The van der Waals surface area contributed by atoms with E-state index in [0.29, 0.717) is 10.2 Å². The second kappa shape index (κ2) is 5.07. The number of hydrogen-bond acceptors (Lipinski definition) is 2. The molecule has 0 atom stereocenters. The zero-order valence-electron chi connectivity index (χ0n) is 8.73. The number of benzene rings is 1. The molecular weight excluding hydrogens is 279 g/mol. The molecule has 16 heavy (non-hydrogen) atoms. The molecule has 0 fully saturated rings. The minimum absolute atomic E-state index is 0.0634. The first-order valence-electron chi connectivity index (χ1n) is 4.44. The predicted octanol–water partition coefficient (Wildman–Crippen LogP) is 2.51. The monoisotopic (exact) mass is 288 g/mol. The maximum Gasteiger partial charge on any atom is 0.221 e. The molecule has 2 amide bonds. The lowest BCUT2D eigenvalue weighted by Crippen LogP contribution is -2.10. The first kappa shape index (κ1) is 12.6. The summed E-state index contributed by atoms with van der Waals surface area (Å²) in [4.78, 5) is 21.6. The fourth-order valence-electron chi connectivity index (χ4n) is 1.12. The van der Waals surface area contributed by atoms with E-state index >= 15 is 0 Å². The lowest BCUT2D eigenvalue weighted by atomic mass is 10.2. The van der Waals surface area contributed by atoms with Gasteiger partial charge in [0, 0.05) is 24.4 Å². The molecule has 0 spiro atoms. The van der Waals surface area contributed by atoms with E-state index in [-0.39, 0.29) is 17.5 Å². The van der Waals surface area contributed by atoms with E-state index in [0.717, 1.165) is 6.07 Å². The van der Waals surface area contributed by atoms with Crippen LogP contribution in [0.25, 0.3) is 0 Å². The molecule has 4 nitrogen and oxygen atoms in total. The maximum absolute atomic E-state index is 13.5. The smallest absolute Gasteiger partial charge is 0.221 e. The van der Waals surface area contributed by atoms with E-state index in [9.17, 15) is 14.0 Å². The van der Waals surface area contributed by atoms with Gasteiger partial charge in [-0.15, -0.1) is 0 Å². The van der Waals surface area contributed by atoms with Crippen LogP contribution in [-0.4, -0.2) is 11.8 Å². The van der Waals surface area contributed by atoms with Crippen molar-refractivity contribution in [1.82, 2.24) is 0 Å². The minimum atomic E-state index is -0.609. The number of nitrogens with one attached hydrogen (secondary N) is 2. The van der Waals surface area contributed by atoms with Crippen LogP contribution in [0.1, 0.15) is 13.8 Å². The van der Waals surface area contributed by atoms with Crippen LogP contribution >= 0.6 is 15.9 Å². The van der Waals surface area contributed by atoms with Crippen molar-refractivity contribution in [3.05, 3.63) is 22.4 Å². The highest BCUT2D eigenvalue weighted by molar-refractivity contribution is 9.10. The van der Waals surface area contributed by atoms with E-state index in [2.05, 4.69) is 26.6 Å². The topological polar surface area (TPSA) is 58.2 Å². The van der Waals surface area contributed by atoms with Gasteiger partial charge < -0.3 is 10.6 Å². The van der Waals surface area contributed by atoms with Gasteiger partial charge in [-0.25, -0.2) is 4.39 Å². The van der Waals surface area contributed by atoms with Crippen LogP contribution in [0.4, 0.5) is 15.8 Å². The van der Waals surface area contributed by atoms with Crippen molar-refractivity contribution in [1.29, 1.82) is 0 Å². The van der Waals surface area contributed by atoms with Crippen LogP contribution in [0.2, 0.25) is 0 Å². The largest absolute Gasteiger partial charge is 0.325 e. The summed E-state index contributed by atoms with van der Waals surface area (Å²) in [5.41, 5.74) is 0.382. The number of carbonyl (C=O) groups is 2. The van der Waals surface area contributed by atoms with E-state index in [1.807, 2.05) is 0 Å². The van der Waals surface area contributed by atoms with E-state index in [1.54, 1.807) is 0 Å². The van der Waals surface area contributed by atoms with Gasteiger partial charge in [0.15, 0.2) is 0 Å². The normalized spacial score (nSPS) is 9.75. The summed E-state index contributed by atoms with van der Waals surface area (Å²) >= 11 is 3.17. The number of hydrogen-bond donors (Lipinski definition) is 2. The van der Waals surface area contributed by atoms with Crippen LogP contribution in [0.15, 0.2) is 16.6 Å². The first-order valence-corrected chi connectivity index (χ1v) is 5.23. The zero-order chi connectivity index (χ0) is 12.3. The van der Waals surface area contributed by atoms with E-state index < -0.39 is 5.82 Å². The molecular formula is C10H10BrFN2O2. The molecule has 2 N–H and O–H groups in total. The summed E-state index contributed by atoms with van der Waals surface area (Å²) < 4.78 is 13.9. The average Bonchev–Trinajstić information content (AvgIpc) is 2.11. The molecule has 1 aromatic carbocycles. The molecule has 1 rings (SSSR count). The quantitative estimate of drug-likeness (QED) is 0.878. The highest BCUT2D eigenvalue weighted by atomic mass is 79.9. The molecule has 0 aliphatic rings. The van der Waals surface area contributed by atoms with Crippen LogP contribution < -0.4 is 10.6 Å². The predicted molar refractivity (Wildman–Crippen MR) is 62.7 cm³/mol. The van der Waals surface area contributed by atoms with Gasteiger partial charge in [-0.1, -0.05) is 0 Å². The SMILES string of the molecule is CC(=O)Nc1cc(Br)c(NC(C)=O)cc1F. The summed E-state index contributed by atoms with van der Waals surface area (Å²) in [6.07, 6.45) is 0. The summed E-state index contributed by atoms with van der Waals surface area (Å²) in [6, 6.07) is 2.53. The Kier molecular flexibility index (Phi) is 4.00. The van der Waals surface area contributed by atoms with Gasteiger partial charge in [-0.2, -0.15) is 0 Å². The van der Waals surface area contributed by atoms with Crippen molar-refractivity contribution in [3.63, 3.8) is 0 Å². The molecule has 0 aromatic heterocycles. The Balaban J connectivity index is 3.06. The van der Waals surface area contributed by atoms with Gasteiger partial charge in [0.25, 0.3) is 0 Å². The lowest BCUT2D eigenvalue weighted by Gasteiger charge is -2.09. The second-order valence-electron chi connectivity index (χ2n) is 3.17. The molecule has 0 unspecified atom stereocenters. The molecule has 0 aliphatic heterocycles. The van der Waals surface area contributed by atoms with Gasteiger partial charge in [-0.3, -0.25) is 9.59 Å². The minimum Gasteiger partial charge on any atom is -0.325 e. The maximum atomic E-state index is 13.5. The Morgan fingerprint density at radius 3 is 2.12 bits per heavy atom. The van der Waals surface area contributed by atoms with Gasteiger partial charge in [-0.05, 0) is 22.0 Å². The molecule has 86 valence electrons. The highest BCUT2D eigenvalue weighted by Gasteiger charge is 2.10. The van der Waals surface area contributed by atoms with Crippen molar-refractivity contribution in [3.8, 4) is 0 Å². The number of carbonyl (C=O) groups excluding carboxylic acids is 2. The van der Waals surface area contributed by atoms with Crippen molar-refractivity contribution in [2.45, 2.75) is 13.8 Å². The number of amides is 2. The fraction of sp³-hybridized carbons (Fsp3) is 0.200. The van der Waals surface area contributed by atoms with Gasteiger partial charge >= 0.3 is 0 Å². The van der Waals surface area contributed by atoms with Crippen LogP contribution in [0.3, 0.4) is 0 Å². The highest BCUT2D eigenvalue weighted by Crippen LogP contribution is 2.28. The van der Waals surface area contributed by atoms with Crippen LogP contribution in [0, 0.1) is 5.82 Å². The Hall–Kier alpha value is -1.43. The van der Waals surface area contributed by atoms with Crippen LogP contribution in [0.5, 0.6) is 0 Å². The summed E-state index contributed by atoms with van der Waals surface area (Å²) in [5.74, 6) is -1.27. The third-order valence-electron chi connectivity index (χ3n) is 1.68. The molecule has 1 aromatic rings. The molecule has 6 heteroatoms. The van der Waals surface area contributed by atoms with E-state index in [1.165, 1.54) is 19.9 Å². The number of rotatable bonds is 2. The zero-order valence-corrected chi connectivity index (χ0v) is 10.3. The molecule has 0 saturated heterocycles. The Bertz CT molecular complexity index is 407. The van der Waals surface area contributed by atoms with Crippen molar-refractivity contribution in [2.24, 2.45) is 0 Å². The molecule has 0 heterocycles. The standard InChI is InChI=1S/C10H10BrFN2O2/c1-5(15)13-9-4-8(12)10(3-7(9)11)14-6(2)16/h3-4H,1-2H3,(H,13,15)(H,14,16). The Labute approximate surface area is 100 Å². The number of halogens is 2. The van der Waals surface area contributed by atoms with Gasteiger partial charge in [0.2, 0.25) is 11.8 Å².